The van der Waals surface area contributed by atoms with Crippen LogP contribution in [0.5, 0.6) is 0 Å². The number of likely N-dealkylation sites (N-methyl/N-ethyl adjacent to an activating group) is 1. The Bertz CT molecular complexity index is 232. The van der Waals surface area contributed by atoms with Gasteiger partial charge < -0.3 is 15.0 Å². The molecule has 1 N–H and O–H groups in total. The van der Waals surface area contributed by atoms with Crippen LogP contribution in [0.2, 0.25) is 0 Å². The van der Waals surface area contributed by atoms with Crippen LogP contribution in [0, 0.1) is 0 Å². The van der Waals surface area contributed by atoms with Crippen molar-refractivity contribution in [1.29, 1.82) is 0 Å². The van der Waals surface area contributed by atoms with Gasteiger partial charge in [-0.05, 0) is 32.7 Å². The fourth-order valence-electron chi connectivity index (χ4n) is 2.39. The quantitative estimate of drug-likeness (QED) is 0.786. The van der Waals surface area contributed by atoms with Crippen molar-refractivity contribution in [2.45, 2.75) is 37.8 Å². The zero-order chi connectivity index (χ0) is 10.7. The topological polar surface area (TPSA) is 41.6 Å². The number of nitrogens with zero attached hydrogens (tertiary/aromatic N) is 1. The molecule has 0 bridgehead atoms. The van der Waals surface area contributed by atoms with Crippen LogP contribution in [0.15, 0.2) is 0 Å². The number of amides is 1. The maximum atomic E-state index is 12.0. The summed E-state index contributed by atoms with van der Waals surface area (Å²) in [5.74, 6) is 0.201. The van der Waals surface area contributed by atoms with Crippen LogP contribution < -0.4 is 5.32 Å². The first-order valence-electron chi connectivity index (χ1n) is 5.89. The van der Waals surface area contributed by atoms with E-state index in [1.54, 1.807) is 0 Å². The summed E-state index contributed by atoms with van der Waals surface area (Å²) in [6.07, 6.45) is 4.05. The van der Waals surface area contributed by atoms with Gasteiger partial charge in [0.05, 0.1) is 0 Å². The van der Waals surface area contributed by atoms with E-state index in [-0.39, 0.29) is 24.4 Å². The van der Waals surface area contributed by atoms with Crippen molar-refractivity contribution in [1.82, 2.24) is 10.2 Å². The molecule has 2 saturated heterocycles. The lowest BCUT2D eigenvalue weighted by Gasteiger charge is -2.33. The van der Waals surface area contributed by atoms with E-state index in [4.69, 9.17) is 4.74 Å². The number of piperidine rings is 1. The monoisotopic (exact) mass is 248 g/mol. The maximum Gasteiger partial charge on any atom is 0.251 e. The fraction of sp³-hybridized carbons (Fsp3) is 0.909. The van der Waals surface area contributed by atoms with Crippen LogP contribution in [-0.4, -0.2) is 49.7 Å². The summed E-state index contributed by atoms with van der Waals surface area (Å²) in [4.78, 5) is 14.0. The molecule has 0 saturated carbocycles. The molecular weight excluding hydrogens is 228 g/mol. The van der Waals surface area contributed by atoms with Crippen molar-refractivity contribution >= 4 is 18.3 Å². The molecule has 0 aromatic heterocycles. The van der Waals surface area contributed by atoms with Gasteiger partial charge in [-0.2, -0.15) is 0 Å². The molecule has 2 fully saturated rings. The van der Waals surface area contributed by atoms with Crippen LogP contribution in [0.25, 0.3) is 0 Å². The van der Waals surface area contributed by atoms with Crippen molar-refractivity contribution in [3.8, 4) is 0 Å². The van der Waals surface area contributed by atoms with Crippen molar-refractivity contribution in [2.75, 3.05) is 26.7 Å². The Kier molecular flexibility index (Phi) is 5.52. The number of nitrogens with one attached hydrogen (secondary N) is 1. The Balaban J connectivity index is 0.00000128. The van der Waals surface area contributed by atoms with Crippen LogP contribution in [0.4, 0.5) is 0 Å². The molecule has 2 aliphatic rings. The Morgan fingerprint density at radius 3 is 2.81 bits per heavy atom. The number of hydrogen-bond donors (Lipinski definition) is 1. The summed E-state index contributed by atoms with van der Waals surface area (Å²) >= 11 is 0. The van der Waals surface area contributed by atoms with Gasteiger partial charge in [0.25, 0.3) is 5.91 Å². The molecule has 2 aliphatic heterocycles. The van der Waals surface area contributed by atoms with E-state index < -0.39 is 0 Å². The normalized spacial score (nSPS) is 29.9. The van der Waals surface area contributed by atoms with Crippen LogP contribution in [0.3, 0.4) is 0 Å². The van der Waals surface area contributed by atoms with E-state index in [9.17, 15) is 4.79 Å². The zero-order valence-corrected chi connectivity index (χ0v) is 10.6. The minimum atomic E-state index is -0.152. The Morgan fingerprint density at radius 1 is 1.38 bits per heavy atom. The smallest absolute Gasteiger partial charge is 0.251 e. The molecule has 0 aliphatic carbocycles. The van der Waals surface area contributed by atoms with E-state index in [0.717, 1.165) is 39.0 Å². The van der Waals surface area contributed by atoms with E-state index in [0.29, 0.717) is 6.04 Å². The number of carbonyl (C=O) groups is 1. The van der Waals surface area contributed by atoms with Gasteiger partial charge in [0.1, 0.15) is 6.10 Å². The van der Waals surface area contributed by atoms with Gasteiger partial charge >= 0.3 is 0 Å². The standard InChI is InChI=1S/C11H20N2O2.ClH/c1-12-9-4-2-6-13(8-9)11(14)10-5-3-7-15-10;/h9-10,12H,2-8H2,1H3;1H. The first kappa shape index (κ1) is 13.7. The van der Waals surface area contributed by atoms with Crippen molar-refractivity contribution in [3.05, 3.63) is 0 Å². The molecule has 0 aromatic carbocycles. The second-order valence-electron chi connectivity index (χ2n) is 4.41. The lowest BCUT2D eigenvalue weighted by Crippen LogP contribution is -2.49. The van der Waals surface area contributed by atoms with Gasteiger partial charge in [-0.15, -0.1) is 12.4 Å². The van der Waals surface area contributed by atoms with E-state index in [1.807, 2.05) is 11.9 Å². The summed E-state index contributed by atoms with van der Waals surface area (Å²) in [5.41, 5.74) is 0. The highest BCUT2D eigenvalue weighted by atomic mass is 35.5. The Hall–Kier alpha value is -0.320. The second kappa shape index (κ2) is 6.42. The Labute approximate surface area is 103 Å². The van der Waals surface area contributed by atoms with Gasteiger partial charge in [-0.3, -0.25) is 4.79 Å². The highest BCUT2D eigenvalue weighted by Crippen LogP contribution is 2.18. The van der Waals surface area contributed by atoms with E-state index in [2.05, 4.69) is 5.32 Å². The zero-order valence-electron chi connectivity index (χ0n) is 9.78. The average Bonchev–Trinajstić information content (AvgIpc) is 2.81. The number of carbonyl (C=O) groups excluding carboxylic acids is 1. The first-order valence-corrected chi connectivity index (χ1v) is 5.89. The third kappa shape index (κ3) is 3.09. The molecule has 2 heterocycles. The SMILES string of the molecule is CNC1CCCN(C(=O)C2CCCO2)C1.Cl. The second-order valence-corrected chi connectivity index (χ2v) is 4.41. The predicted octanol–water partition coefficient (Wildman–Crippen LogP) is 0.798. The van der Waals surface area contributed by atoms with Gasteiger partial charge in [-0.25, -0.2) is 0 Å². The molecule has 2 unspecified atom stereocenters. The molecule has 0 aromatic rings. The number of likely N-dealkylation sites (tertiary alicyclic amines) is 1. The van der Waals surface area contributed by atoms with Crippen LogP contribution in [-0.2, 0) is 9.53 Å². The largest absolute Gasteiger partial charge is 0.368 e. The van der Waals surface area contributed by atoms with Gasteiger partial charge in [0, 0.05) is 25.7 Å². The minimum absolute atomic E-state index is 0. The molecule has 1 amide bonds. The van der Waals surface area contributed by atoms with E-state index >= 15 is 0 Å². The predicted molar refractivity (Wildman–Crippen MR) is 64.9 cm³/mol. The summed E-state index contributed by atoms with van der Waals surface area (Å²) in [6.45, 7) is 2.49. The minimum Gasteiger partial charge on any atom is -0.368 e. The van der Waals surface area contributed by atoms with Crippen LogP contribution in [0.1, 0.15) is 25.7 Å². The molecule has 94 valence electrons. The Morgan fingerprint density at radius 2 is 2.19 bits per heavy atom. The molecule has 2 atom stereocenters. The van der Waals surface area contributed by atoms with Gasteiger partial charge in [0.2, 0.25) is 0 Å². The van der Waals surface area contributed by atoms with E-state index in [1.165, 1.54) is 6.42 Å². The van der Waals surface area contributed by atoms with Crippen molar-refractivity contribution < 1.29 is 9.53 Å². The molecular formula is C11H21ClN2O2. The number of ether oxygens (including phenoxy) is 1. The average molecular weight is 249 g/mol. The third-order valence-corrected chi connectivity index (χ3v) is 3.35. The lowest BCUT2D eigenvalue weighted by molar-refractivity contribution is -0.142. The molecule has 4 nitrogen and oxygen atoms in total. The van der Waals surface area contributed by atoms with Gasteiger partial charge in [-0.1, -0.05) is 0 Å². The molecule has 16 heavy (non-hydrogen) atoms. The van der Waals surface area contributed by atoms with Crippen molar-refractivity contribution in [2.24, 2.45) is 0 Å². The summed E-state index contributed by atoms with van der Waals surface area (Å²) in [5, 5.41) is 3.24. The number of rotatable bonds is 2. The maximum absolute atomic E-state index is 12.0. The summed E-state index contributed by atoms with van der Waals surface area (Å²) in [7, 11) is 1.96. The highest BCUT2D eigenvalue weighted by molar-refractivity contribution is 5.85. The molecule has 2 rings (SSSR count). The first-order chi connectivity index (χ1) is 7.31. The van der Waals surface area contributed by atoms with Crippen LogP contribution >= 0.6 is 12.4 Å². The number of halogens is 1. The third-order valence-electron chi connectivity index (χ3n) is 3.35. The highest BCUT2D eigenvalue weighted by Gasteiger charge is 2.30. The lowest BCUT2D eigenvalue weighted by atomic mass is 10.0. The fourth-order valence-corrected chi connectivity index (χ4v) is 2.39. The van der Waals surface area contributed by atoms with Gasteiger partial charge in [0.15, 0.2) is 0 Å². The molecule has 0 radical (unpaired) electrons. The number of hydrogen-bond acceptors (Lipinski definition) is 3. The summed E-state index contributed by atoms with van der Waals surface area (Å²) in [6, 6.07) is 0.462. The molecule has 5 heteroatoms. The summed E-state index contributed by atoms with van der Waals surface area (Å²) < 4.78 is 5.43. The van der Waals surface area contributed by atoms with Crippen molar-refractivity contribution in [3.63, 3.8) is 0 Å². The molecule has 0 spiro atoms.